The van der Waals surface area contributed by atoms with Crippen molar-refractivity contribution >= 4 is 23.7 Å². The molecule has 0 aliphatic rings. The Balaban J connectivity index is 2.11. The van der Waals surface area contributed by atoms with E-state index >= 15 is 0 Å². The molecular weight excluding hydrogens is 274 g/mol. The molecule has 6 nitrogen and oxygen atoms in total. The molecule has 2 aromatic heterocycles. The van der Waals surface area contributed by atoms with Crippen molar-refractivity contribution < 1.29 is 4.42 Å². The van der Waals surface area contributed by atoms with Gasteiger partial charge in [-0.15, -0.1) is 0 Å². The Morgan fingerprint density at radius 3 is 2.80 bits per heavy atom. The molecule has 0 atom stereocenters. The molecule has 0 aromatic carbocycles. The van der Waals surface area contributed by atoms with Gasteiger partial charge in [-0.1, -0.05) is 18.7 Å². The van der Waals surface area contributed by atoms with Gasteiger partial charge < -0.3 is 14.6 Å². The van der Waals surface area contributed by atoms with Crippen molar-refractivity contribution in [2.45, 2.75) is 24.3 Å². The topological polar surface area (TPSA) is 67.1 Å². The van der Waals surface area contributed by atoms with Gasteiger partial charge in [0.25, 0.3) is 0 Å². The summed E-state index contributed by atoms with van der Waals surface area (Å²) in [4.78, 5) is 15.1. The standard InChI is InChI=1S/C13H19N5OS/c1-4-7-14-11-15-12(18(2)3)17-13(16-11)20-9-10-6-5-8-19-10/h5-6,8H,4,7,9H2,1-3H3,(H,14,15,16,17). The largest absolute Gasteiger partial charge is 0.468 e. The van der Waals surface area contributed by atoms with Crippen molar-refractivity contribution in [3.63, 3.8) is 0 Å². The lowest BCUT2D eigenvalue weighted by Gasteiger charge is -2.12. The molecule has 0 fully saturated rings. The van der Waals surface area contributed by atoms with Gasteiger partial charge >= 0.3 is 0 Å². The quantitative estimate of drug-likeness (QED) is 0.787. The lowest BCUT2D eigenvalue weighted by molar-refractivity contribution is 0.530. The summed E-state index contributed by atoms with van der Waals surface area (Å²) in [5.74, 6) is 2.88. The molecule has 108 valence electrons. The summed E-state index contributed by atoms with van der Waals surface area (Å²) < 4.78 is 5.31. The van der Waals surface area contributed by atoms with E-state index in [-0.39, 0.29) is 0 Å². The summed E-state index contributed by atoms with van der Waals surface area (Å²) in [6.07, 6.45) is 2.70. The molecule has 0 bridgehead atoms. The molecule has 2 heterocycles. The summed E-state index contributed by atoms with van der Waals surface area (Å²) >= 11 is 1.53. The van der Waals surface area contributed by atoms with Crippen LogP contribution in [0.3, 0.4) is 0 Å². The Labute approximate surface area is 123 Å². The first-order chi connectivity index (χ1) is 9.69. The molecule has 20 heavy (non-hydrogen) atoms. The summed E-state index contributed by atoms with van der Waals surface area (Å²) in [5, 5.41) is 3.89. The summed E-state index contributed by atoms with van der Waals surface area (Å²) in [7, 11) is 3.83. The van der Waals surface area contributed by atoms with E-state index < -0.39 is 0 Å². The average Bonchev–Trinajstić information content (AvgIpc) is 2.96. The van der Waals surface area contributed by atoms with Crippen LogP contribution in [0.2, 0.25) is 0 Å². The van der Waals surface area contributed by atoms with E-state index in [4.69, 9.17) is 4.42 Å². The van der Waals surface area contributed by atoms with Crippen LogP contribution in [-0.2, 0) is 5.75 Å². The minimum atomic E-state index is 0.618. The highest BCUT2D eigenvalue weighted by Crippen LogP contribution is 2.22. The van der Waals surface area contributed by atoms with Gasteiger partial charge in [-0.05, 0) is 18.6 Å². The van der Waals surface area contributed by atoms with Crippen LogP contribution in [-0.4, -0.2) is 35.6 Å². The highest BCUT2D eigenvalue weighted by atomic mass is 32.2. The van der Waals surface area contributed by atoms with Gasteiger partial charge in [-0.25, -0.2) is 0 Å². The maximum atomic E-state index is 5.31. The maximum absolute atomic E-state index is 5.31. The Hall–Kier alpha value is -1.76. The van der Waals surface area contributed by atoms with Crippen LogP contribution in [0.4, 0.5) is 11.9 Å². The second-order valence-corrected chi connectivity index (χ2v) is 5.37. The van der Waals surface area contributed by atoms with Crippen LogP contribution in [0.25, 0.3) is 0 Å². The van der Waals surface area contributed by atoms with Crippen LogP contribution in [0.15, 0.2) is 28.0 Å². The molecule has 0 aliphatic carbocycles. The zero-order valence-corrected chi connectivity index (χ0v) is 12.8. The van der Waals surface area contributed by atoms with Crippen molar-refractivity contribution in [1.29, 1.82) is 0 Å². The fraction of sp³-hybridized carbons (Fsp3) is 0.462. The number of rotatable bonds is 7. The van der Waals surface area contributed by atoms with Crippen molar-refractivity contribution in [2.75, 3.05) is 30.9 Å². The molecule has 0 saturated heterocycles. The second kappa shape index (κ2) is 7.14. The lowest BCUT2D eigenvalue weighted by Crippen LogP contribution is -2.16. The first-order valence-corrected chi connectivity index (χ1v) is 7.50. The van der Waals surface area contributed by atoms with Crippen molar-refractivity contribution in [3.05, 3.63) is 24.2 Å². The fourth-order valence-corrected chi connectivity index (χ4v) is 2.19. The van der Waals surface area contributed by atoms with Gasteiger partial charge in [0.1, 0.15) is 5.76 Å². The number of anilines is 2. The average molecular weight is 293 g/mol. The van der Waals surface area contributed by atoms with Gasteiger partial charge in [-0.2, -0.15) is 15.0 Å². The van der Waals surface area contributed by atoms with Crippen molar-refractivity contribution in [1.82, 2.24) is 15.0 Å². The second-order valence-electron chi connectivity index (χ2n) is 4.43. The van der Waals surface area contributed by atoms with Gasteiger partial charge in [0.15, 0.2) is 5.16 Å². The van der Waals surface area contributed by atoms with Crippen LogP contribution in [0, 0.1) is 0 Å². The number of aromatic nitrogens is 3. The third kappa shape index (κ3) is 4.12. The number of furan rings is 1. The monoisotopic (exact) mass is 293 g/mol. The van der Waals surface area contributed by atoms with E-state index in [1.165, 1.54) is 11.8 Å². The molecule has 7 heteroatoms. The number of hydrogen-bond donors (Lipinski definition) is 1. The molecule has 2 aromatic rings. The highest BCUT2D eigenvalue weighted by Gasteiger charge is 2.09. The van der Waals surface area contributed by atoms with E-state index in [9.17, 15) is 0 Å². The van der Waals surface area contributed by atoms with Gasteiger partial charge in [-0.3, -0.25) is 0 Å². The third-order valence-electron chi connectivity index (χ3n) is 2.46. The molecule has 0 unspecified atom stereocenters. The molecule has 0 radical (unpaired) electrons. The summed E-state index contributed by atoms with van der Waals surface area (Å²) in [5.41, 5.74) is 0. The Morgan fingerprint density at radius 2 is 2.15 bits per heavy atom. The maximum Gasteiger partial charge on any atom is 0.230 e. The smallest absolute Gasteiger partial charge is 0.230 e. The van der Waals surface area contributed by atoms with Crippen LogP contribution < -0.4 is 10.2 Å². The Bertz CT molecular complexity index is 530. The molecule has 0 saturated carbocycles. The molecule has 2 rings (SSSR count). The Morgan fingerprint density at radius 1 is 1.30 bits per heavy atom. The van der Waals surface area contributed by atoms with Gasteiger partial charge in [0, 0.05) is 20.6 Å². The molecule has 0 aliphatic heterocycles. The van der Waals surface area contributed by atoms with E-state index in [0.717, 1.165) is 18.7 Å². The predicted molar refractivity (Wildman–Crippen MR) is 81.2 cm³/mol. The first-order valence-electron chi connectivity index (χ1n) is 6.51. The van der Waals surface area contributed by atoms with Crippen molar-refractivity contribution in [2.24, 2.45) is 0 Å². The number of nitrogens with one attached hydrogen (secondary N) is 1. The van der Waals surface area contributed by atoms with Crippen LogP contribution in [0.1, 0.15) is 19.1 Å². The van der Waals surface area contributed by atoms with Gasteiger partial charge in [0.2, 0.25) is 11.9 Å². The lowest BCUT2D eigenvalue weighted by atomic mass is 10.5. The first kappa shape index (κ1) is 14.6. The number of hydrogen-bond acceptors (Lipinski definition) is 7. The fourth-order valence-electron chi connectivity index (χ4n) is 1.46. The van der Waals surface area contributed by atoms with E-state index in [1.807, 2.05) is 31.1 Å². The van der Waals surface area contributed by atoms with Crippen LogP contribution in [0.5, 0.6) is 0 Å². The number of nitrogens with zero attached hydrogens (tertiary/aromatic N) is 4. The zero-order chi connectivity index (χ0) is 14.4. The minimum Gasteiger partial charge on any atom is -0.468 e. The van der Waals surface area contributed by atoms with Crippen molar-refractivity contribution in [3.8, 4) is 0 Å². The third-order valence-corrected chi connectivity index (χ3v) is 3.33. The van der Waals surface area contributed by atoms with E-state index in [2.05, 4.69) is 27.2 Å². The zero-order valence-electron chi connectivity index (χ0n) is 12.0. The van der Waals surface area contributed by atoms with E-state index in [0.29, 0.717) is 22.8 Å². The Kier molecular flexibility index (Phi) is 5.23. The van der Waals surface area contributed by atoms with Crippen LogP contribution >= 0.6 is 11.8 Å². The SMILES string of the molecule is CCCNc1nc(SCc2ccco2)nc(N(C)C)n1. The molecular formula is C13H19N5OS. The van der Waals surface area contributed by atoms with E-state index in [1.54, 1.807) is 6.26 Å². The normalized spacial score (nSPS) is 10.6. The predicted octanol–water partition coefficient (Wildman–Crippen LogP) is 2.64. The summed E-state index contributed by atoms with van der Waals surface area (Å²) in [6.45, 7) is 2.95. The molecule has 1 N–H and O–H groups in total. The summed E-state index contributed by atoms with van der Waals surface area (Å²) in [6, 6.07) is 3.82. The minimum absolute atomic E-state index is 0.618. The number of thioether (sulfide) groups is 1. The van der Waals surface area contributed by atoms with Gasteiger partial charge in [0.05, 0.1) is 12.0 Å². The highest BCUT2D eigenvalue weighted by molar-refractivity contribution is 7.98. The molecule has 0 spiro atoms. The molecule has 0 amide bonds.